The van der Waals surface area contributed by atoms with E-state index in [2.05, 4.69) is 84.9 Å². The van der Waals surface area contributed by atoms with E-state index >= 15 is 0 Å². The van der Waals surface area contributed by atoms with Crippen LogP contribution in [0.2, 0.25) is 0 Å². The van der Waals surface area contributed by atoms with E-state index in [1.165, 1.54) is 0 Å². The van der Waals surface area contributed by atoms with Gasteiger partial charge in [0.15, 0.2) is 5.82 Å². The van der Waals surface area contributed by atoms with Gasteiger partial charge in [-0.2, -0.15) is 0 Å². The van der Waals surface area contributed by atoms with Crippen LogP contribution >= 0.6 is 0 Å². The molecule has 0 aliphatic rings. The van der Waals surface area contributed by atoms with Crippen LogP contribution in [-0.4, -0.2) is 15.0 Å². The van der Waals surface area contributed by atoms with Crippen molar-refractivity contribution in [1.29, 1.82) is 0 Å². The number of benzene rings is 6. The standard InChI is InChI=1S/C41H25N3O/c1-4-12-26(13-5-1)33-25-35(29-20-23-37-34(24-29)30-18-10-11-19-36(30)45-37)42-39-31(33)21-22-32-38(27-14-6-2-7-15-27)43-41(44-40(32)39)28-16-8-3-9-17-28/h1-25H. The van der Waals surface area contributed by atoms with Crippen molar-refractivity contribution < 1.29 is 4.42 Å². The first-order valence-electron chi connectivity index (χ1n) is 15.0. The molecule has 0 aliphatic heterocycles. The minimum absolute atomic E-state index is 0.675. The summed E-state index contributed by atoms with van der Waals surface area (Å²) in [7, 11) is 0. The maximum absolute atomic E-state index is 6.14. The number of nitrogens with zero attached hydrogens (tertiary/aromatic N) is 3. The normalized spacial score (nSPS) is 11.6. The first-order chi connectivity index (χ1) is 22.3. The Morgan fingerprint density at radius 1 is 0.378 bits per heavy atom. The highest BCUT2D eigenvalue weighted by atomic mass is 16.3. The summed E-state index contributed by atoms with van der Waals surface area (Å²) in [5.41, 5.74) is 10.4. The van der Waals surface area contributed by atoms with Crippen molar-refractivity contribution in [1.82, 2.24) is 15.0 Å². The van der Waals surface area contributed by atoms with Gasteiger partial charge in [0.2, 0.25) is 0 Å². The minimum atomic E-state index is 0.675. The second kappa shape index (κ2) is 10.2. The van der Waals surface area contributed by atoms with Gasteiger partial charge in [0.1, 0.15) is 16.7 Å². The molecule has 210 valence electrons. The number of para-hydroxylation sites is 1. The van der Waals surface area contributed by atoms with Gasteiger partial charge in [-0.25, -0.2) is 15.0 Å². The van der Waals surface area contributed by atoms with Crippen molar-refractivity contribution in [3.8, 4) is 45.0 Å². The molecule has 4 heteroatoms. The van der Waals surface area contributed by atoms with Crippen LogP contribution in [0.3, 0.4) is 0 Å². The fourth-order valence-electron chi connectivity index (χ4n) is 6.30. The van der Waals surface area contributed by atoms with E-state index in [4.69, 9.17) is 19.4 Å². The van der Waals surface area contributed by atoms with Crippen LogP contribution in [0.4, 0.5) is 0 Å². The van der Waals surface area contributed by atoms with Crippen LogP contribution in [0.25, 0.3) is 88.8 Å². The fraction of sp³-hybridized carbons (Fsp3) is 0. The van der Waals surface area contributed by atoms with E-state index < -0.39 is 0 Å². The number of hydrogen-bond donors (Lipinski definition) is 0. The molecule has 45 heavy (non-hydrogen) atoms. The molecule has 0 saturated heterocycles. The summed E-state index contributed by atoms with van der Waals surface area (Å²) in [4.78, 5) is 15.7. The first kappa shape index (κ1) is 25.4. The highest BCUT2D eigenvalue weighted by Crippen LogP contribution is 2.39. The highest BCUT2D eigenvalue weighted by molar-refractivity contribution is 6.13. The van der Waals surface area contributed by atoms with Crippen molar-refractivity contribution in [3.05, 3.63) is 152 Å². The number of fused-ring (bicyclic) bond motifs is 6. The fourth-order valence-corrected chi connectivity index (χ4v) is 6.30. The monoisotopic (exact) mass is 575 g/mol. The second-order valence-corrected chi connectivity index (χ2v) is 11.2. The number of rotatable bonds is 4. The molecule has 4 nitrogen and oxygen atoms in total. The van der Waals surface area contributed by atoms with Crippen molar-refractivity contribution >= 4 is 43.7 Å². The molecule has 0 spiro atoms. The lowest BCUT2D eigenvalue weighted by molar-refractivity contribution is 0.669. The molecule has 0 radical (unpaired) electrons. The lowest BCUT2D eigenvalue weighted by Gasteiger charge is -2.15. The smallest absolute Gasteiger partial charge is 0.160 e. The Labute approximate surface area is 259 Å². The van der Waals surface area contributed by atoms with Gasteiger partial charge in [-0.05, 0) is 47.5 Å². The molecule has 6 aromatic carbocycles. The molecule has 9 rings (SSSR count). The molecule has 0 aliphatic carbocycles. The largest absolute Gasteiger partial charge is 0.456 e. The van der Waals surface area contributed by atoms with Crippen LogP contribution < -0.4 is 0 Å². The van der Waals surface area contributed by atoms with Crippen LogP contribution in [0.15, 0.2) is 156 Å². The van der Waals surface area contributed by atoms with Crippen LogP contribution in [0.5, 0.6) is 0 Å². The average molecular weight is 576 g/mol. The molecular weight excluding hydrogens is 550 g/mol. The van der Waals surface area contributed by atoms with E-state index in [1.807, 2.05) is 66.7 Å². The Hall–Kier alpha value is -6.13. The van der Waals surface area contributed by atoms with Gasteiger partial charge in [-0.15, -0.1) is 0 Å². The topological polar surface area (TPSA) is 51.8 Å². The number of aromatic nitrogens is 3. The van der Waals surface area contributed by atoms with E-state index in [1.54, 1.807) is 0 Å². The Bertz CT molecular complexity index is 2520. The molecule has 0 amide bonds. The molecule has 3 aromatic heterocycles. The minimum Gasteiger partial charge on any atom is -0.456 e. The number of hydrogen-bond acceptors (Lipinski definition) is 4. The Balaban J connectivity index is 1.38. The van der Waals surface area contributed by atoms with Gasteiger partial charge >= 0.3 is 0 Å². The van der Waals surface area contributed by atoms with Gasteiger partial charge in [-0.1, -0.05) is 115 Å². The van der Waals surface area contributed by atoms with Crippen LogP contribution in [-0.2, 0) is 0 Å². The van der Waals surface area contributed by atoms with Crippen LogP contribution in [0.1, 0.15) is 0 Å². The number of furan rings is 1. The van der Waals surface area contributed by atoms with Gasteiger partial charge in [0, 0.05) is 38.2 Å². The average Bonchev–Trinajstić information content (AvgIpc) is 3.50. The van der Waals surface area contributed by atoms with Crippen molar-refractivity contribution in [2.75, 3.05) is 0 Å². The molecule has 0 N–H and O–H groups in total. The summed E-state index contributed by atoms with van der Waals surface area (Å²) in [6.07, 6.45) is 0. The van der Waals surface area contributed by atoms with E-state index in [0.29, 0.717) is 5.82 Å². The highest BCUT2D eigenvalue weighted by Gasteiger charge is 2.18. The molecule has 0 unspecified atom stereocenters. The predicted octanol–water partition coefficient (Wildman–Crippen LogP) is 10.7. The molecule has 9 aromatic rings. The zero-order valence-electron chi connectivity index (χ0n) is 24.2. The maximum Gasteiger partial charge on any atom is 0.160 e. The lowest BCUT2D eigenvalue weighted by atomic mass is 9.95. The molecule has 0 saturated carbocycles. The molecule has 0 atom stereocenters. The second-order valence-electron chi connectivity index (χ2n) is 11.2. The third kappa shape index (κ3) is 4.27. The summed E-state index contributed by atoms with van der Waals surface area (Å²) in [5.74, 6) is 0.675. The SMILES string of the molecule is c1ccc(-c2nc(-c3ccccc3)c3ccc4c(-c5ccccc5)cc(-c5ccc6oc7ccccc7c6c5)nc4c3n2)cc1. The van der Waals surface area contributed by atoms with Gasteiger partial charge in [0.05, 0.1) is 16.9 Å². The summed E-state index contributed by atoms with van der Waals surface area (Å²) < 4.78 is 6.14. The van der Waals surface area contributed by atoms with E-state index in [0.717, 1.165) is 82.9 Å². The van der Waals surface area contributed by atoms with Crippen molar-refractivity contribution in [3.63, 3.8) is 0 Å². The molecule has 3 heterocycles. The third-order valence-corrected chi connectivity index (χ3v) is 8.48. The van der Waals surface area contributed by atoms with Gasteiger partial charge < -0.3 is 4.42 Å². The summed E-state index contributed by atoms with van der Waals surface area (Å²) >= 11 is 0. The third-order valence-electron chi connectivity index (χ3n) is 8.48. The molecule has 0 bridgehead atoms. The van der Waals surface area contributed by atoms with Gasteiger partial charge in [-0.3, -0.25) is 0 Å². The first-order valence-corrected chi connectivity index (χ1v) is 15.0. The Morgan fingerprint density at radius 3 is 1.78 bits per heavy atom. The van der Waals surface area contributed by atoms with Crippen molar-refractivity contribution in [2.24, 2.45) is 0 Å². The zero-order valence-corrected chi connectivity index (χ0v) is 24.2. The summed E-state index contributed by atoms with van der Waals surface area (Å²) in [6, 6.07) is 52.0. The van der Waals surface area contributed by atoms with Crippen molar-refractivity contribution in [2.45, 2.75) is 0 Å². The Morgan fingerprint density at radius 2 is 1.00 bits per heavy atom. The quantitative estimate of drug-likeness (QED) is 0.196. The Kier molecular flexibility index (Phi) is 5.78. The zero-order chi connectivity index (χ0) is 29.7. The van der Waals surface area contributed by atoms with E-state index in [9.17, 15) is 0 Å². The summed E-state index contributed by atoms with van der Waals surface area (Å²) in [6.45, 7) is 0. The maximum atomic E-state index is 6.14. The molecular formula is C41H25N3O. The number of pyridine rings is 1. The van der Waals surface area contributed by atoms with Gasteiger partial charge in [0.25, 0.3) is 0 Å². The lowest BCUT2D eigenvalue weighted by Crippen LogP contribution is -1.98. The summed E-state index contributed by atoms with van der Waals surface area (Å²) in [5, 5.41) is 4.18. The van der Waals surface area contributed by atoms with Crippen LogP contribution in [0, 0.1) is 0 Å². The van der Waals surface area contributed by atoms with E-state index in [-0.39, 0.29) is 0 Å². The molecule has 0 fully saturated rings. The predicted molar refractivity (Wildman–Crippen MR) is 184 cm³/mol.